The Morgan fingerprint density at radius 3 is 2.62 bits per heavy atom. The fourth-order valence-corrected chi connectivity index (χ4v) is 2.97. The normalized spacial score (nSPS) is 15.7. The first kappa shape index (κ1) is 18.4. The molecule has 0 fully saturated rings. The van der Waals surface area contributed by atoms with Gasteiger partial charge in [-0.1, -0.05) is 22.0 Å². The Balaban J connectivity index is 2.18. The summed E-state index contributed by atoms with van der Waals surface area (Å²) in [6.07, 6.45) is 0. The minimum Gasteiger partial charge on any atom is -0.467 e. The van der Waals surface area contributed by atoms with Crippen molar-refractivity contribution in [3.63, 3.8) is 0 Å². The highest BCUT2D eigenvalue weighted by atomic mass is 79.9. The minimum absolute atomic E-state index is 0.149. The number of nitrogens with zero attached hydrogens (tertiary/aromatic N) is 1. The van der Waals surface area contributed by atoms with Crippen molar-refractivity contribution in [3.05, 3.63) is 33.8 Å². The van der Waals surface area contributed by atoms with E-state index in [1.165, 1.54) is 4.90 Å². The summed E-state index contributed by atoms with van der Waals surface area (Å²) in [6.45, 7) is -1.13. The Hall–Kier alpha value is -1.97. The van der Waals surface area contributed by atoms with Crippen LogP contribution in [-0.4, -0.2) is 65.3 Å². The van der Waals surface area contributed by atoms with Crippen LogP contribution in [0.2, 0.25) is 0 Å². The summed E-state index contributed by atoms with van der Waals surface area (Å²) in [4.78, 5) is 37.5. The van der Waals surface area contributed by atoms with E-state index in [9.17, 15) is 19.5 Å². The van der Waals surface area contributed by atoms with Crippen LogP contribution >= 0.6 is 15.9 Å². The van der Waals surface area contributed by atoms with E-state index in [0.717, 1.165) is 17.1 Å². The summed E-state index contributed by atoms with van der Waals surface area (Å²) in [5.41, 5.74) is 1.17. The molecule has 9 heteroatoms. The van der Waals surface area contributed by atoms with Crippen molar-refractivity contribution >= 4 is 33.7 Å². The lowest BCUT2D eigenvalue weighted by Gasteiger charge is -2.26. The lowest BCUT2D eigenvalue weighted by atomic mass is 10.1. The Morgan fingerprint density at radius 1 is 1.38 bits per heavy atom. The van der Waals surface area contributed by atoms with E-state index >= 15 is 0 Å². The number of methoxy groups -OCH3 is 1. The first-order valence-electron chi connectivity index (χ1n) is 7.12. The highest BCUT2D eigenvalue weighted by molar-refractivity contribution is 9.10. The van der Waals surface area contributed by atoms with Crippen LogP contribution in [0.3, 0.4) is 0 Å². The van der Waals surface area contributed by atoms with Crippen molar-refractivity contribution in [1.82, 2.24) is 10.2 Å². The average molecular weight is 401 g/mol. The van der Waals surface area contributed by atoms with Crippen LogP contribution in [0.4, 0.5) is 0 Å². The van der Waals surface area contributed by atoms with Gasteiger partial charge in [-0.05, 0) is 17.7 Å². The summed E-state index contributed by atoms with van der Waals surface area (Å²) in [5, 5.41) is 21.0. The Bertz CT molecular complexity index is 665. The van der Waals surface area contributed by atoms with Crippen LogP contribution < -0.4 is 5.32 Å². The molecule has 1 heterocycles. The highest BCUT2D eigenvalue weighted by Gasteiger charge is 2.38. The van der Waals surface area contributed by atoms with Crippen molar-refractivity contribution in [2.45, 2.75) is 18.6 Å². The molecular formula is C15H17BrN2O6. The van der Waals surface area contributed by atoms with Crippen molar-refractivity contribution in [2.75, 3.05) is 20.3 Å². The van der Waals surface area contributed by atoms with E-state index in [2.05, 4.69) is 26.0 Å². The standard InChI is InChI=1S/C15H17BrN2O6/c1-24-15(23)11(6-19)17-13(21)12(7-20)18-5-9-8(14(18)22)3-2-4-10(9)16/h2-4,11-12,19-20H,5-7H2,1H3,(H,17,21)/t11-,12-/m0/s1. The molecule has 1 aromatic rings. The molecule has 0 aliphatic carbocycles. The molecule has 0 saturated carbocycles. The van der Waals surface area contributed by atoms with Gasteiger partial charge in [0.2, 0.25) is 5.91 Å². The molecule has 0 radical (unpaired) electrons. The van der Waals surface area contributed by atoms with Gasteiger partial charge in [0.25, 0.3) is 5.91 Å². The fraction of sp³-hybridized carbons (Fsp3) is 0.400. The highest BCUT2D eigenvalue weighted by Crippen LogP contribution is 2.30. The van der Waals surface area contributed by atoms with E-state index < -0.39 is 37.2 Å². The predicted molar refractivity (Wildman–Crippen MR) is 85.9 cm³/mol. The molecule has 1 aliphatic heterocycles. The summed E-state index contributed by atoms with van der Waals surface area (Å²) >= 11 is 3.35. The maximum absolute atomic E-state index is 12.5. The topological polar surface area (TPSA) is 116 Å². The van der Waals surface area contributed by atoms with Gasteiger partial charge in [-0.15, -0.1) is 0 Å². The number of hydrogen-bond acceptors (Lipinski definition) is 6. The van der Waals surface area contributed by atoms with Gasteiger partial charge >= 0.3 is 5.97 Å². The molecule has 0 saturated heterocycles. The van der Waals surface area contributed by atoms with Gasteiger partial charge in [0, 0.05) is 16.6 Å². The van der Waals surface area contributed by atoms with Crippen molar-refractivity contribution in [1.29, 1.82) is 0 Å². The number of aliphatic hydroxyl groups excluding tert-OH is 2. The van der Waals surface area contributed by atoms with Gasteiger partial charge in [0.1, 0.15) is 6.04 Å². The molecule has 2 amide bonds. The largest absolute Gasteiger partial charge is 0.467 e. The SMILES string of the molecule is COC(=O)[C@H](CO)NC(=O)[C@H](CO)N1Cc2c(Br)cccc2C1=O. The zero-order valence-electron chi connectivity index (χ0n) is 12.9. The third-order valence-corrected chi connectivity index (χ3v) is 4.52. The fourth-order valence-electron chi connectivity index (χ4n) is 2.48. The number of rotatable bonds is 6. The molecule has 2 rings (SSSR count). The molecule has 0 unspecified atom stereocenters. The number of carbonyl (C=O) groups is 3. The smallest absolute Gasteiger partial charge is 0.330 e. The monoisotopic (exact) mass is 400 g/mol. The minimum atomic E-state index is -1.26. The Morgan fingerprint density at radius 2 is 2.08 bits per heavy atom. The molecule has 3 N–H and O–H groups in total. The number of aliphatic hydroxyl groups is 2. The molecule has 2 atom stereocenters. The van der Waals surface area contributed by atoms with E-state index in [1.807, 2.05) is 0 Å². The predicted octanol–water partition coefficient (Wildman–Crippen LogP) is -0.584. The molecule has 1 aromatic carbocycles. The van der Waals surface area contributed by atoms with Crippen LogP contribution in [0, 0.1) is 0 Å². The second-order valence-corrected chi connectivity index (χ2v) is 6.02. The van der Waals surface area contributed by atoms with Gasteiger partial charge in [-0.25, -0.2) is 4.79 Å². The van der Waals surface area contributed by atoms with Gasteiger partial charge in [0.15, 0.2) is 6.04 Å². The number of amides is 2. The molecule has 0 spiro atoms. The molecule has 8 nitrogen and oxygen atoms in total. The number of carbonyl (C=O) groups excluding carboxylic acids is 3. The number of benzene rings is 1. The summed E-state index contributed by atoms with van der Waals surface area (Å²) < 4.78 is 5.20. The first-order chi connectivity index (χ1) is 11.4. The van der Waals surface area contributed by atoms with E-state index in [0.29, 0.717) is 5.56 Å². The third kappa shape index (κ3) is 3.42. The van der Waals surface area contributed by atoms with Crippen molar-refractivity contribution in [3.8, 4) is 0 Å². The lowest BCUT2D eigenvalue weighted by molar-refractivity contribution is -0.147. The van der Waals surface area contributed by atoms with Crippen LogP contribution in [0.5, 0.6) is 0 Å². The summed E-state index contributed by atoms with van der Waals surface area (Å²) in [6, 6.07) is 2.68. The number of esters is 1. The van der Waals surface area contributed by atoms with Crippen LogP contribution in [0.25, 0.3) is 0 Å². The Labute approximate surface area is 146 Å². The number of halogens is 1. The second-order valence-electron chi connectivity index (χ2n) is 5.16. The van der Waals surface area contributed by atoms with Gasteiger partial charge < -0.3 is 25.2 Å². The number of hydrogen-bond donors (Lipinski definition) is 3. The van der Waals surface area contributed by atoms with Gasteiger partial charge in [0.05, 0.1) is 20.3 Å². The lowest BCUT2D eigenvalue weighted by Crippen LogP contribution is -2.54. The molecule has 0 bridgehead atoms. The zero-order valence-corrected chi connectivity index (χ0v) is 14.4. The summed E-state index contributed by atoms with van der Waals surface area (Å²) in [7, 11) is 1.12. The molecule has 1 aliphatic rings. The van der Waals surface area contributed by atoms with Crippen LogP contribution in [-0.2, 0) is 20.9 Å². The Kier molecular flexibility index (Phi) is 5.92. The van der Waals surface area contributed by atoms with E-state index in [1.54, 1.807) is 18.2 Å². The maximum Gasteiger partial charge on any atom is 0.330 e. The molecule has 130 valence electrons. The average Bonchev–Trinajstić information content (AvgIpc) is 2.91. The number of nitrogens with one attached hydrogen (secondary N) is 1. The summed E-state index contributed by atoms with van der Waals surface area (Å²) in [5.74, 6) is -1.96. The zero-order chi connectivity index (χ0) is 17.9. The molecule has 0 aromatic heterocycles. The first-order valence-corrected chi connectivity index (χ1v) is 7.92. The van der Waals surface area contributed by atoms with Crippen LogP contribution in [0.1, 0.15) is 15.9 Å². The van der Waals surface area contributed by atoms with E-state index in [4.69, 9.17) is 5.11 Å². The number of ether oxygens (including phenoxy) is 1. The molecular weight excluding hydrogens is 384 g/mol. The van der Waals surface area contributed by atoms with Crippen LogP contribution in [0.15, 0.2) is 22.7 Å². The van der Waals surface area contributed by atoms with Crippen molar-refractivity contribution < 1.29 is 29.3 Å². The van der Waals surface area contributed by atoms with Crippen molar-refractivity contribution in [2.24, 2.45) is 0 Å². The quantitative estimate of drug-likeness (QED) is 0.550. The second kappa shape index (κ2) is 7.73. The van der Waals surface area contributed by atoms with Gasteiger partial charge in [-0.3, -0.25) is 9.59 Å². The number of fused-ring (bicyclic) bond motifs is 1. The van der Waals surface area contributed by atoms with E-state index in [-0.39, 0.29) is 12.5 Å². The maximum atomic E-state index is 12.5. The third-order valence-electron chi connectivity index (χ3n) is 3.78. The van der Waals surface area contributed by atoms with Gasteiger partial charge in [-0.2, -0.15) is 0 Å². The molecule has 24 heavy (non-hydrogen) atoms.